The molecule has 1 atom stereocenters. The summed E-state index contributed by atoms with van der Waals surface area (Å²) >= 11 is 1.53. The van der Waals surface area contributed by atoms with Gasteiger partial charge in [0.25, 0.3) is 0 Å². The number of rotatable bonds is 6. The first-order valence-corrected chi connectivity index (χ1v) is 6.96. The number of nitrogens with zero attached hydrogens (tertiary/aromatic N) is 3. The van der Waals surface area contributed by atoms with Crippen LogP contribution in [0, 0.1) is 5.82 Å². The van der Waals surface area contributed by atoms with Crippen molar-refractivity contribution in [2.24, 2.45) is 5.84 Å². The molecule has 0 aliphatic heterocycles. The molecular weight excluding hydrogens is 265 g/mol. The summed E-state index contributed by atoms with van der Waals surface area (Å²) in [5, 5.41) is 7.85. The Kier molecular flexibility index (Phi) is 4.89. The maximum atomic E-state index is 13.1. The predicted octanol–water partition coefficient (Wildman–Crippen LogP) is 1.73. The van der Waals surface area contributed by atoms with Crippen molar-refractivity contribution in [1.29, 1.82) is 0 Å². The van der Waals surface area contributed by atoms with Crippen molar-refractivity contribution in [3.05, 3.63) is 42.0 Å². The highest BCUT2D eigenvalue weighted by Gasteiger charge is 2.15. The van der Waals surface area contributed by atoms with Gasteiger partial charge in [0.2, 0.25) is 0 Å². The van der Waals surface area contributed by atoms with Crippen LogP contribution in [-0.4, -0.2) is 20.7 Å². The maximum Gasteiger partial charge on any atom is 0.124 e. The molecule has 0 spiro atoms. The molecule has 0 saturated carbocycles. The SMILES string of the molecule is CCn1nncc1C(CSc1cccc(F)c1)NN. The summed E-state index contributed by atoms with van der Waals surface area (Å²) in [7, 11) is 0. The molecule has 0 amide bonds. The quantitative estimate of drug-likeness (QED) is 0.479. The molecule has 1 unspecified atom stereocenters. The van der Waals surface area contributed by atoms with E-state index in [1.54, 1.807) is 16.9 Å². The number of nitrogens with one attached hydrogen (secondary N) is 1. The number of aromatic nitrogens is 3. The molecule has 2 rings (SSSR count). The second kappa shape index (κ2) is 6.65. The fourth-order valence-corrected chi connectivity index (χ4v) is 2.73. The van der Waals surface area contributed by atoms with Crippen molar-refractivity contribution < 1.29 is 4.39 Å². The van der Waals surface area contributed by atoms with E-state index in [2.05, 4.69) is 15.7 Å². The zero-order valence-electron chi connectivity index (χ0n) is 10.6. The van der Waals surface area contributed by atoms with Gasteiger partial charge in [0.15, 0.2) is 0 Å². The van der Waals surface area contributed by atoms with Crippen LogP contribution in [0.3, 0.4) is 0 Å². The molecule has 0 fully saturated rings. The summed E-state index contributed by atoms with van der Waals surface area (Å²) in [5.41, 5.74) is 3.67. The topological polar surface area (TPSA) is 68.8 Å². The normalized spacial score (nSPS) is 12.6. The van der Waals surface area contributed by atoms with Crippen LogP contribution in [0.5, 0.6) is 0 Å². The summed E-state index contributed by atoms with van der Waals surface area (Å²) in [6, 6.07) is 6.42. The van der Waals surface area contributed by atoms with E-state index in [-0.39, 0.29) is 11.9 Å². The molecule has 102 valence electrons. The van der Waals surface area contributed by atoms with Gasteiger partial charge < -0.3 is 0 Å². The van der Waals surface area contributed by atoms with Crippen molar-refractivity contribution in [1.82, 2.24) is 20.4 Å². The Bertz CT molecular complexity index is 530. The van der Waals surface area contributed by atoms with Gasteiger partial charge >= 0.3 is 0 Å². The molecule has 1 heterocycles. The molecule has 0 saturated heterocycles. The van der Waals surface area contributed by atoms with E-state index in [1.165, 1.54) is 23.9 Å². The van der Waals surface area contributed by atoms with E-state index >= 15 is 0 Å². The van der Waals surface area contributed by atoms with Crippen molar-refractivity contribution in [3.63, 3.8) is 0 Å². The van der Waals surface area contributed by atoms with Gasteiger partial charge in [0, 0.05) is 17.2 Å². The largest absolute Gasteiger partial charge is 0.271 e. The number of nitrogens with two attached hydrogens (primary N) is 1. The van der Waals surface area contributed by atoms with E-state index in [0.29, 0.717) is 5.75 Å². The molecule has 0 aliphatic rings. The van der Waals surface area contributed by atoms with Gasteiger partial charge in [-0.05, 0) is 25.1 Å². The van der Waals surface area contributed by atoms with Gasteiger partial charge in [0.1, 0.15) is 5.82 Å². The van der Waals surface area contributed by atoms with E-state index in [4.69, 9.17) is 5.84 Å². The van der Waals surface area contributed by atoms with Crippen LogP contribution in [0.25, 0.3) is 0 Å². The molecule has 5 nitrogen and oxygen atoms in total. The van der Waals surface area contributed by atoms with E-state index in [1.807, 2.05) is 13.0 Å². The third kappa shape index (κ3) is 3.52. The molecule has 3 N–H and O–H groups in total. The first-order chi connectivity index (χ1) is 9.24. The van der Waals surface area contributed by atoms with Gasteiger partial charge in [-0.3, -0.25) is 11.3 Å². The Labute approximate surface area is 115 Å². The fourth-order valence-electron chi connectivity index (χ4n) is 1.74. The number of aryl methyl sites for hydroxylation is 1. The maximum absolute atomic E-state index is 13.1. The highest BCUT2D eigenvalue weighted by Crippen LogP contribution is 2.24. The lowest BCUT2D eigenvalue weighted by Crippen LogP contribution is -2.31. The molecule has 1 aromatic carbocycles. The Hall–Kier alpha value is -1.44. The van der Waals surface area contributed by atoms with Crippen molar-refractivity contribution in [3.8, 4) is 0 Å². The lowest BCUT2D eigenvalue weighted by atomic mass is 10.2. The zero-order chi connectivity index (χ0) is 13.7. The molecule has 0 aliphatic carbocycles. The van der Waals surface area contributed by atoms with Crippen LogP contribution >= 0.6 is 11.8 Å². The first-order valence-electron chi connectivity index (χ1n) is 5.97. The molecule has 2 aromatic rings. The average molecular weight is 281 g/mol. The van der Waals surface area contributed by atoms with Gasteiger partial charge in [-0.2, -0.15) is 0 Å². The molecule has 19 heavy (non-hydrogen) atoms. The zero-order valence-corrected chi connectivity index (χ0v) is 11.4. The van der Waals surface area contributed by atoms with E-state index in [9.17, 15) is 4.39 Å². The molecule has 1 aromatic heterocycles. The molecule has 7 heteroatoms. The second-order valence-electron chi connectivity index (χ2n) is 3.96. The Balaban J connectivity index is 2.04. The Morgan fingerprint density at radius 3 is 3.05 bits per heavy atom. The van der Waals surface area contributed by atoms with Crippen molar-refractivity contribution in [2.45, 2.75) is 24.4 Å². The van der Waals surface area contributed by atoms with Crippen LogP contribution in [0.15, 0.2) is 35.4 Å². The van der Waals surface area contributed by atoms with Crippen molar-refractivity contribution >= 4 is 11.8 Å². The van der Waals surface area contributed by atoms with Crippen LogP contribution in [-0.2, 0) is 6.54 Å². The lowest BCUT2D eigenvalue weighted by Gasteiger charge is -2.15. The number of halogens is 1. The minimum Gasteiger partial charge on any atom is -0.271 e. The minimum absolute atomic E-state index is 0.0804. The smallest absolute Gasteiger partial charge is 0.124 e. The summed E-state index contributed by atoms with van der Waals surface area (Å²) in [6.07, 6.45) is 1.69. The molecular formula is C12H16FN5S. The van der Waals surface area contributed by atoms with E-state index in [0.717, 1.165) is 17.1 Å². The van der Waals surface area contributed by atoms with Gasteiger partial charge in [0.05, 0.1) is 17.9 Å². The third-order valence-corrected chi connectivity index (χ3v) is 3.81. The summed E-state index contributed by atoms with van der Waals surface area (Å²) in [5.74, 6) is 6.02. The van der Waals surface area contributed by atoms with Crippen molar-refractivity contribution in [2.75, 3.05) is 5.75 Å². The second-order valence-corrected chi connectivity index (χ2v) is 5.06. The number of hydrogen-bond acceptors (Lipinski definition) is 5. The van der Waals surface area contributed by atoms with Crippen LogP contribution in [0.2, 0.25) is 0 Å². The summed E-state index contributed by atoms with van der Waals surface area (Å²) in [6.45, 7) is 2.73. The number of benzene rings is 1. The number of hydrogen-bond donors (Lipinski definition) is 2. The molecule has 0 bridgehead atoms. The predicted molar refractivity (Wildman–Crippen MR) is 72.9 cm³/mol. The fraction of sp³-hybridized carbons (Fsp3) is 0.333. The Morgan fingerprint density at radius 1 is 1.53 bits per heavy atom. The van der Waals surface area contributed by atoms with E-state index < -0.39 is 0 Å². The molecule has 0 radical (unpaired) electrons. The summed E-state index contributed by atoms with van der Waals surface area (Å²) < 4.78 is 14.9. The van der Waals surface area contributed by atoms with Gasteiger partial charge in [-0.25, -0.2) is 9.07 Å². The third-order valence-electron chi connectivity index (χ3n) is 2.72. The van der Waals surface area contributed by atoms with Crippen LogP contribution in [0.4, 0.5) is 4.39 Å². The van der Waals surface area contributed by atoms with Crippen LogP contribution < -0.4 is 11.3 Å². The Morgan fingerprint density at radius 2 is 2.37 bits per heavy atom. The number of thioether (sulfide) groups is 1. The van der Waals surface area contributed by atoms with Gasteiger partial charge in [-0.15, -0.1) is 16.9 Å². The monoisotopic (exact) mass is 281 g/mol. The standard InChI is InChI=1S/C12H16FN5S/c1-2-18-12(7-15-17-18)11(16-14)8-19-10-5-3-4-9(13)6-10/h3-7,11,16H,2,8,14H2,1H3. The number of hydrazine groups is 1. The minimum atomic E-state index is -0.234. The highest BCUT2D eigenvalue weighted by molar-refractivity contribution is 7.99. The lowest BCUT2D eigenvalue weighted by molar-refractivity contribution is 0.521. The highest BCUT2D eigenvalue weighted by atomic mass is 32.2. The average Bonchev–Trinajstić information content (AvgIpc) is 2.88. The summed E-state index contributed by atoms with van der Waals surface area (Å²) in [4.78, 5) is 0.871. The van der Waals surface area contributed by atoms with Crippen LogP contribution in [0.1, 0.15) is 18.7 Å². The first kappa shape index (κ1) is 14.0. The van der Waals surface area contributed by atoms with Gasteiger partial charge in [-0.1, -0.05) is 11.3 Å².